The number of likely N-dealkylation sites (tertiary alicyclic amines) is 1. The van der Waals surface area contributed by atoms with Crippen molar-refractivity contribution in [3.05, 3.63) is 0 Å². The number of rotatable bonds is 7. The lowest BCUT2D eigenvalue weighted by Crippen LogP contribution is -2.51. The third kappa shape index (κ3) is 4.06. The second-order valence-electron chi connectivity index (χ2n) is 7.06. The van der Waals surface area contributed by atoms with Gasteiger partial charge in [-0.05, 0) is 32.1 Å². The molecule has 1 atom stereocenters. The van der Waals surface area contributed by atoms with E-state index in [0.717, 1.165) is 19.3 Å². The summed E-state index contributed by atoms with van der Waals surface area (Å²) in [5.41, 5.74) is -0.378. The highest BCUT2D eigenvalue weighted by molar-refractivity contribution is 5.88. The number of hydrogen-bond acceptors (Lipinski definition) is 4. The molecule has 2 aliphatic rings. The Bertz CT molecular complexity index is 489. The molecule has 1 saturated heterocycles. The number of carbonyl (C=O) groups excluding carboxylic acids is 2. The topological polar surface area (TPSA) is 87.2 Å². The van der Waals surface area contributed by atoms with Gasteiger partial charge in [-0.3, -0.25) is 14.4 Å². The predicted molar refractivity (Wildman–Crippen MR) is 87.4 cm³/mol. The van der Waals surface area contributed by atoms with Gasteiger partial charge in [0.25, 0.3) is 0 Å². The first-order chi connectivity index (χ1) is 11.4. The molecule has 0 aromatic rings. The van der Waals surface area contributed by atoms with Gasteiger partial charge in [-0.25, -0.2) is 0 Å². The van der Waals surface area contributed by atoms with Crippen molar-refractivity contribution in [3.63, 3.8) is 0 Å². The van der Waals surface area contributed by atoms with Crippen LogP contribution in [0, 0.1) is 11.3 Å². The van der Waals surface area contributed by atoms with E-state index in [1.807, 2.05) is 0 Å². The van der Waals surface area contributed by atoms with Crippen molar-refractivity contribution in [2.75, 3.05) is 40.4 Å². The molecule has 1 unspecified atom stereocenters. The number of carboxylic acid groups (broad SMARTS) is 1. The standard InChI is InChI=1S/C17H28N2O5/c1-18(16(23)17(6-4-7-17)8-10-24-2)12-14(20)19-9-3-5-13(11-19)15(21)22/h13H,3-12H2,1-2H3,(H,21,22). The Morgan fingerprint density at radius 2 is 2.00 bits per heavy atom. The summed E-state index contributed by atoms with van der Waals surface area (Å²) in [5, 5.41) is 9.12. The number of carbonyl (C=O) groups is 3. The van der Waals surface area contributed by atoms with Gasteiger partial charge in [0, 0.05) is 33.9 Å². The van der Waals surface area contributed by atoms with Crippen molar-refractivity contribution in [3.8, 4) is 0 Å². The van der Waals surface area contributed by atoms with E-state index in [2.05, 4.69) is 0 Å². The van der Waals surface area contributed by atoms with Crippen LogP contribution in [0.5, 0.6) is 0 Å². The summed E-state index contributed by atoms with van der Waals surface area (Å²) >= 11 is 0. The number of amides is 2. The summed E-state index contributed by atoms with van der Waals surface area (Å²) in [6, 6.07) is 0. The van der Waals surface area contributed by atoms with E-state index in [-0.39, 0.29) is 30.3 Å². The minimum Gasteiger partial charge on any atom is -0.481 e. The number of aliphatic carboxylic acids is 1. The average Bonchev–Trinajstić information content (AvgIpc) is 2.53. The molecule has 2 amide bonds. The minimum absolute atomic E-state index is 0.00550. The molecular formula is C17H28N2O5. The Morgan fingerprint density at radius 3 is 2.54 bits per heavy atom. The van der Waals surface area contributed by atoms with E-state index in [9.17, 15) is 14.4 Å². The van der Waals surface area contributed by atoms with Crippen molar-refractivity contribution in [1.29, 1.82) is 0 Å². The molecule has 7 heteroatoms. The molecule has 1 aliphatic heterocycles. The summed E-state index contributed by atoms with van der Waals surface area (Å²) in [7, 11) is 3.28. The normalized spacial score (nSPS) is 22.6. The second-order valence-corrected chi connectivity index (χ2v) is 7.06. The number of ether oxygens (including phenoxy) is 1. The maximum Gasteiger partial charge on any atom is 0.308 e. The van der Waals surface area contributed by atoms with E-state index < -0.39 is 11.9 Å². The van der Waals surface area contributed by atoms with Crippen molar-refractivity contribution < 1.29 is 24.2 Å². The first kappa shape index (κ1) is 18.7. The molecule has 7 nitrogen and oxygen atoms in total. The number of piperidine rings is 1. The van der Waals surface area contributed by atoms with Crippen LogP contribution in [-0.4, -0.2) is 73.1 Å². The van der Waals surface area contributed by atoms with Gasteiger partial charge in [-0.1, -0.05) is 6.42 Å². The number of nitrogens with zero attached hydrogens (tertiary/aromatic N) is 2. The molecule has 0 bridgehead atoms. The Balaban J connectivity index is 1.90. The van der Waals surface area contributed by atoms with Gasteiger partial charge in [0.1, 0.15) is 0 Å². The van der Waals surface area contributed by atoms with E-state index >= 15 is 0 Å². The molecule has 2 rings (SSSR count). The molecule has 2 fully saturated rings. The summed E-state index contributed by atoms with van der Waals surface area (Å²) in [5.74, 6) is -1.52. The van der Waals surface area contributed by atoms with E-state index in [1.165, 1.54) is 4.90 Å². The highest BCUT2D eigenvalue weighted by Crippen LogP contribution is 2.45. The van der Waals surface area contributed by atoms with Crippen LogP contribution in [0.4, 0.5) is 0 Å². The van der Waals surface area contributed by atoms with Crippen LogP contribution < -0.4 is 0 Å². The van der Waals surface area contributed by atoms with Gasteiger partial charge in [0.15, 0.2) is 0 Å². The second kappa shape index (κ2) is 7.96. The van der Waals surface area contributed by atoms with Gasteiger partial charge >= 0.3 is 5.97 Å². The van der Waals surface area contributed by atoms with E-state index in [1.54, 1.807) is 19.1 Å². The maximum atomic E-state index is 12.7. The van der Waals surface area contributed by atoms with Crippen LogP contribution in [0.2, 0.25) is 0 Å². The SMILES string of the molecule is COCCC1(C(=O)N(C)CC(=O)N2CCCC(C(=O)O)C2)CCC1. The lowest BCUT2D eigenvalue weighted by Gasteiger charge is -2.43. The quantitative estimate of drug-likeness (QED) is 0.746. The zero-order chi connectivity index (χ0) is 17.7. The van der Waals surface area contributed by atoms with Gasteiger partial charge < -0.3 is 19.6 Å². The zero-order valence-corrected chi connectivity index (χ0v) is 14.6. The largest absolute Gasteiger partial charge is 0.481 e. The van der Waals surface area contributed by atoms with Gasteiger partial charge in [0.05, 0.1) is 17.9 Å². The fourth-order valence-corrected chi connectivity index (χ4v) is 3.66. The first-order valence-electron chi connectivity index (χ1n) is 8.65. The van der Waals surface area contributed by atoms with E-state index in [4.69, 9.17) is 9.84 Å². The van der Waals surface area contributed by atoms with Crippen molar-refractivity contribution >= 4 is 17.8 Å². The number of methoxy groups -OCH3 is 1. The molecule has 1 N–H and O–H groups in total. The smallest absolute Gasteiger partial charge is 0.308 e. The van der Waals surface area contributed by atoms with Crippen LogP contribution in [0.1, 0.15) is 38.5 Å². The monoisotopic (exact) mass is 340 g/mol. The summed E-state index contributed by atoms with van der Waals surface area (Å²) in [4.78, 5) is 39.4. The van der Waals surface area contributed by atoms with Crippen LogP contribution in [0.15, 0.2) is 0 Å². The minimum atomic E-state index is -0.857. The zero-order valence-electron chi connectivity index (χ0n) is 14.6. The number of carboxylic acids is 1. The Labute approximate surface area is 142 Å². The Kier molecular flexibility index (Phi) is 6.21. The van der Waals surface area contributed by atoms with Gasteiger partial charge in [-0.15, -0.1) is 0 Å². The third-order valence-corrected chi connectivity index (χ3v) is 5.39. The van der Waals surface area contributed by atoms with Crippen molar-refractivity contribution in [2.24, 2.45) is 11.3 Å². The molecule has 0 radical (unpaired) electrons. The molecule has 24 heavy (non-hydrogen) atoms. The maximum absolute atomic E-state index is 12.7. The van der Waals surface area contributed by atoms with Crippen LogP contribution >= 0.6 is 0 Å². The highest BCUT2D eigenvalue weighted by Gasteiger charge is 2.45. The number of hydrogen-bond donors (Lipinski definition) is 1. The Hall–Kier alpha value is -1.63. The summed E-state index contributed by atoms with van der Waals surface area (Å²) in [6.45, 7) is 1.37. The van der Waals surface area contributed by atoms with Gasteiger partial charge in [-0.2, -0.15) is 0 Å². The molecule has 0 spiro atoms. The van der Waals surface area contributed by atoms with Gasteiger partial charge in [0.2, 0.25) is 11.8 Å². The number of likely N-dealkylation sites (N-methyl/N-ethyl adjacent to an activating group) is 1. The molecule has 136 valence electrons. The van der Waals surface area contributed by atoms with E-state index in [0.29, 0.717) is 32.4 Å². The third-order valence-electron chi connectivity index (χ3n) is 5.39. The van der Waals surface area contributed by atoms with Crippen LogP contribution in [-0.2, 0) is 19.1 Å². The molecule has 1 heterocycles. The summed E-state index contributed by atoms with van der Waals surface area (Å²) < 4.78 is 5.11. The van der Waals surface area contributed by atoms with Crippen LogP contribution in [0.25, 0.3) is 0 Å². The first-order valence-corrected chi connectivity index (χ1v) is 8.65. The molecular weight excluding hydrogens is 312 g/mol. The predicted octanol–water partition coefficient (Wildman–Crippen LogP) is 0.975. The lowest BCUT2D eigenvalue weighted by molar-refractivity contribution is -0.153. The fraction of sp³-hybridized carbons (Fsp3) is 0.824. The van der Waals surface area contributed by atoms with Crippen molar-refractivity contribution in [1.82, 2.24) is 9.80 Å². The Morgan fingerprint density at radius 1 is 1.29 bits per heavy atom. The summed E-state index contributed by atoms with van der Waals surface area (Å²) in [6.07, 6.45) is 4.71. The molecule has 0 aromatic carbocycles. The highest BCUT2D eigenvalue weighted by atomic mass is 16.5. The van der Waals surface area contributed by atoms with Crippen molar-refractivity contribution in [2.45, 2.75) is 38.5 Å². The average molecular weight is 340 g/mol. The fourth-order valence-electron chi connectivity index (χ4n) is 3.66. The molecule has 1 aliphatic carbocycles. The molecule has 1 saturated carbocycles. The van der Waals surface area contributed by atoms with Crippen LogP contribution in [0.3, 0.4) is 0 Å². The lowest BCUT2D eigenvalue weighted by atomic mass is 9.66. The molecule has 0 aromatic heterocycles.